The van der Waals surface area contributed by atoms with Crippen LogP contribution in [0.25, 0.3) is 11.3 Å². The minimum atomic E-state index is -0.647. The van der Waals surface area contributed by atoms with E-state index in [0.29, 0.717) is 22.8 Å². The molecule has 0 aliphatic heterocycles. The summed E-state index contributed by atoms with van der Waals surface area (Å²) in [6.07, 6.45) is 0. The third-order valence-corrected chi connectivity index (χ3v) is 3.60. The summed E-state index contributed by atoms with van der Waals surface area (Å²) in [7, 11) is 3.12. The summed E-state index contributed by atoms with van der Waals surface area (Å²) < 4.78 is 28.6. The predicted octanol–water partition coefficient (Wildman–Crippen LogP) is 3.52. The Bertz CT molecular complexity index is 912. The van der Waals surface area contributed by atoms with E-state index >= 15 is 0 Å². The van der Waals surface area contributed by atoms with Crippen molar-refractivity contribution in [1.82, 2.24) is 10.2 Å². The lowest BCUT2D eigenvalue weighted by molar-refractivity contribution is 0.0726. The van der Waals surface area contributed by atoms with Crippen molar-refractivity contribution in [3.63, 3.8) is 0 Å². The number of aromatic nitrogens is 2. The molecule has 0 spiro atoms. The lowest BCUT2D eigenvalue weighted by Gasteiger charge is -2.10. The molecule has 6 nitrogen and oxygen atoms in total. The minimum absolute atomic E-state index is 0.0323. The van der Waals surface area contributed by atoms with Crippen molar-refractivity contribution >= 4 is 5.97 Å². The van der Waals surface area contributed by atoms with Crippen molar-refractivity contribution in [2.45, 2.75) is 0 Å². The first-order chi connectivity index (χ1) is 12.6. The maximum absolute atomic E-state index is 12.9. The first-order valence-electron chi connectivity index (χ1n) is 7.64. The number of benzene rings is 2. The van der Waals surface area contributed by atoms with E-state index in [0.717, 1.165) is 0 Å². The molecule has 3 rings (SSSR count). The predicted molar refractivity (Wildman–Crippen MR) is 91.9 cm³/mol. The molecule has 7 heteroatoms. The number of methoxy groups -OCH3 is 2. The van der Waals surface area contributed by atoms with Crippen molar-refractivity contribution in [2.24, 2.45) is 0 Å². The fourth-order valence-corrected chi connectivity index (χ4v) is 2.27. The smallest absolute Gasteiger partial charge is 0.344 e. The van der Waals surface area contributed by atoms with E-state index in [4.69, 9.17) is 14.2 Å². The lowest BCUT2D eigenvalue weighted by Crippen LogP contribution is -2.10. The molecule has 0 radical (unpaired) electrons. The summed E-state index contributed by atoms with van der Waals surface area (Å²) in [6, 6.07) is 13.5. The fraction of sp³-hybridized carbons (Fsp3) is 0.105. The topological polar surface area (TPSA) is 70.5 Å². The number of ether oxygens (including phenoxy) is 3. The van der Waals surface area contributed by atoms with Crippen LogP contribution in [0.3, 0.4) is 0 Å². The van der Waals surface area contributed by atoms with Crippen molar-refractivity contribution < 1.29 is 23.4 Å². The lowest BCUT2D eigenvalue weighted by atomic mass is 10.1. The van der Waals surface area contributed by atoms with Gasteiger partial charge in [-0.15, -0.1) is 10.2 Å². The Morgan fingerprint density at radius 3 is 2.31 bits per heavy atom. The molecular formula is C19H15FN2O4. The second kappa shape index (κ2) is 7.60. The maximum atomic E-state index is 12.9. The second-order valence-corrected chi connectivity index (χ2v) is 5.22. The van der Waals surface area contributed by atoms with Crippen LogP contribution in [0.15, 0.2) is 54.6 Å². The highest BCUT2D eigenvalue weighted by atomic mass is 19.1. The molecule has 0 N–H and O–H groups in total. The highest BCUT2D eigenvalue weighted by molar-refractivity contribution is 5.90. The second-order valence-electron chi connectivity index (χ2n) is 5.22. The van der Waals surface area contributed by atoms with Crippen molar-refractivity contribution in [3.8, 4) is 28.6 Å². The first kappa shape index (κ1) is 17.3. The van der Waals surface area contributed by atoms with Crippen LogP contribution in [0.4, 0.5) is 4.39 Å². The summed E-state index contributed by atoms with van der Waals surface area (Å²) in [4.78, 5) is 12.0. The number of hydrogen-bond acceptors (Lipinski definition) is 6. The number of hydrogen-bond donors (Lipinski definition) is 0. The molecule has 1 heterocycles. The summed E-state index contributed by atoms with van der Waals surface area (Å²) in [5.74, 6) is 0.208. The number of carbonyl (C=O) groups excluding carboxylic acids is 1. The summed E-state index contributed by atoms with van der Waals surface area (Å²) in [5.41, 5.74) is 1.44. The average Bonchev–Trinajstić information content (AvgIpc) is 2.68. The van der Waals surface area contributed by atoms with Gasteiger partial charge in [0, 0.05) is 11.6 Å². The van der Waals surface area contributed by atoms with Crippen LogP contribution < -0.4 is 14.2 Å². The molecule has 0 aliphatic rings. The Labute approximate surface area is 149 Å². The Morgan fingerprint density at radius 1 is 0.923 bits per heavy atom. The van der Waals surface area contributed by atoms with Gasteiger partial charge in [0.2, 0.25) is 5.88 Å². The maximum Gasteiger partial charge on any atom is 0.344 e. The number of esters is 1. The number of halogens is 1. The Balaban J connectivity index is 1.80. The van der Waals surface area contributed by atoms with E-state index in [9.17, 15) is 9.18 Å². The van der Waals surface area contributed by atoms with Crippen LogP contribution in [-0.4, -0.2) is 30.4 Å². The van der Waals surface area contributed by atoms with E-state index in [1.165, 1.54) is 30.3 Å². The molecule has 0 atom stereocenters. The van der Waals surface area contributed by atoms with Gasteiger partial charge in [-0.1, -0.05) is 0 Å². The SMILES string of the molecule is COc1ccc(OC)c(-c2ccc(OC(=O)c3ccc(F)cc3)nn2)c1. The molecule has 0 bridgehead atoms. The summed E-state index contributed by atoms with van der Waals surface area (Å²) >= 11 is 0. The van der Waals surface area contributed by atoms with Crippen LogP contribution in [0.1, 0.15) is 10.4 Å². The van der Waals surface area contributed by atoms with Gasteiger partial charge in [0.05, 0.1) is 25.5 Å². The Kier molecular flexibility index (Phi) is 5.07. The van der Waals surface area contributed by atoms with E-state index in [-0.39, 0.29) is 11.4 Å². The van der Waals surface area contributed by atoms with E-state index in [2.05, 4.69) is 10.2 Å². The molecule has 132 valence electrons. The van der Waals surface area contributed by atoms with Gasteiger partial charge in [-0.3, -0.25) is 0 Å². The summed E-state index contributed by atoms with van der Waals surface area (Å²) in [5, 5.41) is 7.98. The van der Waals surface area contributed by atoms with Crippen LogP contribution >= 0.6 is 0 Å². The standard InChI is InChI=1S/C19H15FN2O4/c1-24-14-7-9-17(25-2)15(11-14)16-8-10-18(22-21-16)26-19(23)12-3-5-13(20)6-4-12/h3-11H,1-2H3. The highest BCUT2D eigenvalue weighted by Crippen LogP contribution is 2.32. The number of rotatable bonds is 5. The molecule has 0 unspecified atom stereocenters. The van der Waals surface area contributed by atoms with Crippen molar-refractivity contribution in [2.75, 3.05) is 14.2 Å². The molecule has 0 aliphatic carbocycles. The van der Waals surface area contributed by atoms with Gasteiger partial charge in [-0.2, -0.15) is 0 Å². The summed E-state index contributed by atoms with van der Waals surface area (Å²) in [6.45, 7) is 0. The van der Waals surface area contributed by atoms with Gasteiger partial charge in [0.25, 0.3) is 0 Å². The molecule has 3 aromatic rings. The van der Waals surface area contributed by atoms with Crippen LogP contribution in [0, 0.1) is 5.82 Å². The van der Waals surface area contributed by atoms with E-state index in [1.807, 2.05) is 0 Å². The van der Waals surface area contributed by atoms with Crippen molar-refractivity contribution in [3.05, 3.63) is 66.0 Å². The van der Waals surface area contributed by atoms with Gasteiger partial charge in [-0.25, -0.2) is 9.18 Å². The zero-order valence-corrected chi connectivity index (χ0v) is 14.1. The van der Waals surface area contributed by atoms with Crippen LogP contribution in [0.5, 0.6) is 17.4 Å². The third-order valence-electron chi connectivity index (χ3n) is 3.60. The Hall–Kier alpha value is -3.48. The third kappa shape index (κ3) is 3.77. The molecule has 0 amide bonds. The van der Waals surface area contributed by atoms with E-state index in [1.54, 1.807) is 38.5 Å². The number of nitrogens with zero attached hydrogens (tertiary/aromatic N) is 2. The molecule has 26 heavy (non-hydrogen) atoms. The quantitative estimate of drug-likeness (QED) is 0.653. The van der Waals surface area contributed by atoms with Crippen molar-refractivity contribution in [1.29, 1.82) is 0 Å². The normalized spacial score (nSPS) is 10.3. The molecule has 0 saturated carbocycles. The Morgan fingerprint density at radius 2 is 1.69 bits per heavy atom. The molecular weight excluding hydrogens is 339 g/mol. The zero-order valence-electron chi connectivity index (χ0n) is 14.1. The van der Waals surface area contributed by atoms with Gasteiger partial charge in [0.15, 0.2) is 0 Å². The first-order valence-corrected chi connectivity index (χ1v) is 7.64. The molecule has 1 aromatic heterocycles. The minimum Gasteiger partial charge on any atom is -0.497 e. The van der Waals surface area contributed by atoms with E-state index < -0.39 is 11.8 Å². The van der Waals surface area contributed by atoms with Gasteiger partial charge < -0.3 is 14.2 Å². The molecule has 2 aromatic carbocycles. The van der Waals surface area contributed by atoms with Gasteiger partial charge in [0.1, 0.15) is 17.3 Å². The molecule has 0 fully saturated rings. The monoisotopic (exact) mass is 354 g/mol. The highest BCUT2D eigenvalue weighted by Gasteiger charge is 2.13. The van der Waals surface area contributed by atoms with Crippen LogP contribution in [0.2, 0.25) is 0 Å². The van der Waals surface area contributed by atoms with Gasteiger partial charge >= 0.3 is 5.97 Å². The molecule has 0 saturated heterocycles. The fourth-order valence-electron chi connectivity index (χ4n) is 2.27. The van der Waals surface area contributed by atoms with Gasteiger partial charge in [-0.05, 0) is 48.5 Å². The van der Waals surface area contributed by atoms with Crippen LogP contribution in [-0.2, 0) is 0 Å². The number of carbonyl (C=O) groups is 1. The average molecular weight is 354 g/mol. The zero-order chi connectivity index (χ0) is 18.5. The largest absolute Gasteiger partial charge is 0.497 e.